The van der Waals surface area contributed by atoms with Crippen LogP contribution in [0.4, 0.5) is 13.2 Å². The molecule has 1 aromatic carbocycles. The zero-order chi connectivity index (χ0) is 13.1. The minimum absolute atomic E-state index is 0.0104. The normalized spacial score (nSPS) is 11.1. The molecule has 1 aromatic rings. The third-order valence-corrected chi connectivity index (χ3v) is 1.91. The maximum absolute atomic E-state index is 12.4. The van der Waals surface area contributed by atoms with Gasteiger partial charge in [0.15, 0.2) is 0 Å². The van der Waals surface area contributed by atoms with Gasteiger partial charge in [-0.05, 0) is 19.1 Å². The molecule has 0 spiro atoms. The van der Waals surface area contributed by atoms with E-state index in [1.165, 1.54) is 6.92 Å². The summed E-state index contributed by atoms with van der Waals surface area (Å²) in [5.74, 6) is -2.25. The Hall–Kier alpha value is -1.85. The van der Waals surface area contributed by atoms with Gasteiger partial charge in [-0.1, -0.05) is 12.1 Å². The molecule has 0 radical (unpaired) electrons. The molecule has 1 rings (SSSR count). The number of esters is 1. The highest BCUT2D eigenvalue weighted by Crippen LogP contribution is 2.29. The molecule has 0 heterocycles. The molecule has 0 atom stereocenters. The zero-order valence-electron chi connectivity index (χ0n) is 8.88. The third kappa shape index (κ3) is 3.30. The van der Waals surface area contributed by atoms with E-state index in [1.807, 2.05) is 0 Å². The fourth-order valence-electron chi connectivity index (χ4n) is 1.15. The van der Waals surface area contributed by atoms with Crippen LogP contribution in [0.5, 0.6) is 0 Å². The first kappa shape index (κ1) is 13.2. The van der Waals surface area contributed by atoms with Gasteiger partial charge in [0.2, 0.25) is 0 Å². The lowest BCUT2D eigenvalue weighted by Crippen LogP contribution is -2.18. The fraction of sp³-hybridized carbons (Fsp3) is 0.273. The molecule has 0 bridgehead atoms. The second kappa shape index (κ2) is 4.99. The Morgan fingerprint density at radius 3 is 2.47 bits per heavy atom. The van der Waals surface area contributed by atoms with Crippen molar-refractivity contribution in [2.45, 2.75) is 13.1 Å². The molecule has 0 aliphatic rings. The Morgan fingerprint density at radius 1 is 1.29 bits per heavy atom. The van der Waals surface area contributed by atoms with Crippen molar-refractivity contribution in [1.82, 2.24) is 0 Å². The molecular weight excluding hydrogens is 237 g/mol. The molecule has 0 saturated heterocycles. The fourth-order valence-corrected chi connectivity index (χ4v) is 1.15. The number of halogens is 3. The average Bonchev–Trinajstić information content (AvgIpc) is 2.27. The Labute approximate surface area is 95.2 Å². The molecule has 0 aromatic heterocycles. The molecule has 0 fully saturated rings. The third-order valence-electron chi connectivity index (χ3n) is 1.91. The first-order chi connectivity index (χ1) is 7.86. The quantitative estimate of drug-likeness (QED) is 0.467. The second-order valence-corrected chi connectivity index (χ2v) is 3.13. The summed E-state index contributed by atoms with van der Waals surface area (Å²) in [5, 5.41) is 0. The lowest BCUT2D eigenvalue weighted by Gasteiger charge is -2.07. The number of hydrogen-bond acceptors (Lipinski definition) is 3. The molecule has 0 saturated carbocycles. The van der Waals surface area contributed by atoms with Crippen LogP contribution in [0, 0.1) is 0 Å². The van der Waals surface area contributed by atoms with E-state index in [4.69, 9.17) is 0 Å². The van der Waals surface area contributed by atoms with Crippen LogP contribution in [0.2, 0.25) is 0 Å². The average molecular weight is 246 g/mol. The minimum Gasteiger partial charge on any atom is -0.460 e. The van der Waals surface area contributed by atoms with E-state index >= 15 is 0 Å². The van der Waals surface area contributed by atoms with E-state index in [9.17, 15) is 22.8 Å². The summed E-state index contributed by atoms with van der Waals surface area (Å²) in [7, 11) is 0. The predicted molar refractivity (Wildman–Crippen MR) is 52.4 cm³/mol. The van der Waals surface area contributed by atoms with Crippen molar-refractivity contribution >= 4 is 11.8 Å². The summed E-state index contributed by atoms with van der Waals surface area (Å²) < 4.78 is 41.5. The van der Waals surface area contributed by atoms with Crippen LogP contribution >= 0.6 is 0 Å². The summed E-state index contributed by atoms with van der Waals surface area (Å²) in [6.45, 7) is 1.49. The van der Waals surface area contributed by atoms with Crippen molar-refractivity contribution in [3.8, 4) is 0 Å². The number of ketones is 1. The van der Waals surface area contributed by atoms with Crippen LogP contribution in [0.1, 0.15) is 22.8 Å². The molecule has 0 aliphatic heterocycles. The van der Waals surface area contributed by atoms with E-state index in [2.05, 4.69) is 4.74 Å². The van der Waals surface area contributed by atoms with Crippen molar-refractivity contribution in [2.24, 2.45) is 0 Å². The Bertz CT molecular complexity index is 438. The number of alkyl halides is 3. The van der Waals surface area contributed by atoms with Gasteiger partial charge in [0, 0.05) is 5.56 Å². The smallest absolute Gasteiger partial charge is 0.416 e. The lowest BCUT2D eigenvalue weighted by molar-refractivity contribution is -0.138. The summed E-state index contributed by atoms with van der Waals surface area (Å²) in [6, 6.07) is 3.64. The van der Waals surface area contributed by atoms with Crippen LogP contribution in [-0.4, -0.2) is 18.4 Å². The van der Waals surface area contributed by atoms with Gasteiger partial charge in [0.1, 0.15) is 0 Å². The highest BCUT2D eigenvalue weighted by atomic mass is 19.4. The Kier molecular flexibility index (Phi) is 3.88. The van der Waals surface area contributed by atoms with Gasteiger partial charge in [-0.3, -0.25) is 4.79 Å². The van der Waals surface area contributed by atoms with Crippen LogP contribution in [0.15, 0.2) is 24.3 Å². The van der Waals surface area contributed by atoms with E-state index in [-0.39, 0.29) is 12.2 Å². The summed E-state index contributed by atoms with van der Waals surface area (Å²) in [5.41, 5.74) is -1.31. The monoisotopic (exact) mass is 246 g/mol. The zero-order valence-corrected chi connectivity index (χ0v) is 8.88. The SMILES string of the molecule is CCOC(=O)C(=O)c1cccc(C(F)(F)F)c1. The standard InChI is InChI=1S/C11H9F3O3/c1-2-17-10(16)9(15)7-4-3-5-8(6-7)11(12,13)14/h3-6H,2H2,1H3. The minimum atomic E-state index is -4.55. The van der Waals surface area contributed by atoms with Crippen molar-refractivity contribution in [1.29, 1.82) is 0 Å². The molecule has 6 heteroatoms. The number of benzene rings is 1. The van der Waals surface area contributed by atoms with E-state index in [0.717, 1.165) is 18.2 Å². The number of carbonyl (C=O) groups excluding carboxylic acids is 2. The van der Waals surface area contributed by atoms with E-state index < -0.39 is 23.5 Å². The topological polar surface area (TPSA) is 43.4 Å². The molecule has 17 heavy (non-hydrogen) atoms. The summed E-state index contributed by atoms with van der Waals surface area (Å²) >= 11 is 0. The maximum atomic E-state index is 12.4. The molecule has 3 nitrogen and oxygen atoms in total. The van der Waals surface area contributed by atoms with Crippen LogP contribution in [0.25, 0.3) is 0 Å². The van der Waals surface area contributed by atoms with Crippen molar-refractivity contribution < 1.29 is 27.5 Å². The van der Waals surface area contributed by atoms with Gasteiger partial charge in [0.25, 0.3) is 5.78 Å². The molecular formula is C11H9F3O3. The van der Waals surface area contributed by atoms with Crippen LogP contribution < -0.4 is 0 Å². The summed E-state index contributed by atoms with van der Waals surface area (Å²) in [6.07, 6.45) is -4.55. The van der Waals surface area contributed by atoms with Crippen molar-refractivity contribution in [3.63, 3.8) is 0 Å². The second-order valence-electron chi connectivity index (χ2n) is 3.13. The summed E-state index contributed by atoms with van der Waals surface area (Å²) in [4.78, 5) is 22.4. The molecule has 0 amide bonds. The Balaban J connectivity index is 3.00. The Morgan fingerprint density at radius 2 is 1.94 bits per heavy atom. The van der Waals surface area contributed by atoms with Gasteiger partial charge in [0.05, 0.1) is 12.2 Å². The van der Waals surface area contributed by atoms with Gasteiger partial charge in [-0.2, -0.15) is 13.2 Å². The molecule has 0 aliphatic carbocycles. The van der Waals surface area contributed by atoms with Gasteiger partial charge in [-0.15, -0.1) is 0 Å². The van der Waals surface area contributed by atoms with E-state index in [0.29, 0.717) is 6.07 Å². The number of rotatable bonds is 3. The number of ether oxygens (including phenoxy) is 1. The van der Waals surface area contributed by atoms with Crippen LogP contribution in [-0.2, 0) is 15.7 Å². The van der Waals surface area contributed by atoms with E-state index in [1.54, 1.807) is 0 Å². The molecule has 0 unspecified atom stereocenters. The number of Topliss-reactive ketones (excluding diaryl/α,β-unsaturated/α-hetero) is 1. The maximum Gasteiger partial charge on any atom is 0.416 e. The lowest BCUT2D eigenvalue weighted by atomic mass is 10.1. The van der Waals surface area contributed by atoms with Gasteiger partial charge < -0.3 is 4.74 Å². The predicted octanol–water partition coefficient (Wildman–Crippen LogP) is 2.45. The highest BCUT2D eigenvalue weighted by Gasteiger charge is 2.31. The molecule has 92 valence electrons. The van der Waals surface area contributed by atoms with Gasteiger partial charge >= 0.3 is 12.1 Å². The molecule has 0 N–H and O–H groups in total. The van der Waals surface area contributed by atoms with Crippen molar-refractivity contribution in [2.75, 3.05) is 6.61 Å². The van der Waals surface area contributed by atoms with Crippen molar-refractivity contribution in [3.05, 3.63) is 35.4 Å². The number of carbonyl (C=O) groups is 2. The van der Waals surface area contributed by atoms with Gasteiger partial charge in [-0.25, -0.2) is 4.79 Å². The first-order valence-corrected chi connectivity index (χ1v) is 4.75. The number of hydrogen-bond donors (Lipinski definition) is 0. The highest BCUT2D eigenvalue weighted by molar-refractivity contribution is 6.40. The first-order valence-electron chi connectivity index (χ1n) is 4.75. The largest absolute Gasteiger partial charge is 0.460 e. The van der Waals surface area contributed by atoms with Crippen LogP contribution in [0.3, 0.4) is 0 Å².